The van der Waals surface area contributed by atoms with Crippen molar-refractivity contribution in [3.05, 3.63) is 59.4 Å². The average Bonchev–Trinajstić information content (AvgIpc) is 3.02. The summed E-state index contributed by atoms with van der Waals surface area (Å²) >= 11 is 0. The van der Waals surface area contributed by atoms with Crippen LogP contribution in [0.15, 0.2) is 42.6 Å². The Hall–Kier alpha value is -3.42. The van der Waals surface area contributed by atoms with Crippen LogP contribution in [0.3, 0.4) is 0 Å². The van der Waals surface area contributed by atoms with E-state index in [1.807, 2.05) is 0 Å². The number of hydrogen-bond donors (Lipinski definition) is 2. The van der Waals surface area contributed by atoms with Gasteiger partial charge in [0.15, 0.2) is 5.78 Å². The fourth-order valence-corrected chi connectivity index (χ4v) is 2.27. The van der Waals surface area contributed by atoms with Gasteiger partial charge in [-0.15, -0.1) is 0 Å². The number of carbonyl (C=O) groups is 4. The Labute approximate surface area is 150 Å². The summed E-state index contributed by atoms with van der Waals surface area (Å²) in [5, 5.41) is 4.36. The summed E-state index contributed by atoms with van der Waals surface area (Å²) in [7, 11) is 2.95. The Morgan fingerprint density at radius 1 is 1.12 bits per heavy atom. The third kappa shape index (κ3) is 4.35. The molecule has 0 aliphatic heterocycles. The first-order valence-electron chi connectivity index (χ1n) is 7.79. The van der Waals surface area contributed by atoms with Crippen molar-refractivity contribution in [2.75, 3.05) is 7.05 Å². The van der Waals surface area contributed by atoms with Crippen molar-refractivity contribution in [2.45, 2.75) is 13.0 Å². The van der Waals surface area contributed by atoms with Crippen LogP contribution in [-0.4, -0.2) is 35.3 Å². The molecule has 26 heavy (non-hydrogen) atoms. The summed E-state index contributed by atoms with van der Waals surface area (Å²) in [4.78, 5) is 47.8. The molecule has 0 aliphatic rings. The second-order valence-corrected chi connectivity index (χ2v) is 5.55. The number of ether oxygens (including phenoxy) is 1. The molecule has 1 aromatic heterocycles. The summed E-state index contributed by atoms with van der Waals surface area (Å²) in [5.41, 5.74) is 0.873. The number of nitrogens with zero attached hydrogens (tertiary/aromatic N) is 1. The summed E-state index contributed by atoms with van der Waals surface area (Å²) in [6.07, 6.45) is 0.179. The Morgan fingerprint density at radius 3 is 2.31 bits per heavy atom. The minimum atomic E-state index is -1.32. The molecule has 136 valence electrons. The lowest BCUT2D eigenvalue weighted by atomic mass is 10.1. The topological polar surface area (TPSA) is 106 Å². The van der Waals surface area contributed by atoms with E-state index < -0.39 is 24.0 Å². The SMILES string of the molecule is CNC(=O)NC(=O)[C@H](OC(=O)c1cc(C(C)=O)cn1C)c1ccccc1. The zero-order valence-electron chi connectivity index (χ0n) is 14.6. The molecule has 0 saturated heterocycles. The van der Waals surface area contributed by atoms with E-state index in [0.717, 1.165) is 0 Å². The van der Waals surface area contributed by atoms with Crippen molar-refractivity contribution in [3.8, 4) is 0 Å². The van der Waals surface area contributed by atoms with Gasteiger partial charge in [0.25, 0.3) is 5.91 Å². The lowest BCUT2D eigenvalue weighted by Crippen LogP contribution is -2.41. The fourth-order valence-electron chi connectivity index (χ4n) is 2.27. The summed E-state index contributed by atoms with van der Waals surface area (Å²) < 4.78 is 6.78. The molecule has 1 heterocycles. The second kappa shape index (κ2) is 8.11. The van der Waals surface area contributed by atoms with E-state index in [1.54, 1.807) is 37.4 Å². The van der Waals surface area contributed by atoms with E-state index in [1.165, 1.54) is 30.8 Å². The van der Waals surface area contributed by atoms with Crippen molar-refractivity contribution in [2.24, 2.45) is 7.05 Å². The van der Waals surface area contributed by atoms with Gasteiger partial charge in [-0.3, -0.25) is 14.9 Å². The highest BCUT2D eigenvalue weighted by Gasteiger charge is 2.28. The zero-order valence-corrected chi connectivity index (χ0v) is 14.6. The van der Waals surface area contributed by atoms with Crippen LogP contribution in [0.1, 0.15) is 39.4 Å². The maximum absolute atomic E-state index is 12.5. The molecular formula is C18H19N3O5. The first-order chi connectivity index (χ1) is 12.3. The Morgan fingerprint density at radius 2 is 1.77 bits per heavy atom. The molecule has 2 aromatic rings. The number of nitrogens with one attached hydrogen (secondary N) is 2. The summed E-state index contributed by atoms with van der Waals surface area (Å²) in [5.74, 6) is -1.78. The van der Waals surface area contributed by atoms with Crippen molar-refractivity contribution in [1.29, 1.82) is 0 Å². The smallest absolute Gasteiger partial charge is 0.356 e. The molecule has 0 unspecified atom stereocenters. The third-order valence-corrected chi connectivity index (χ3v) is 3.65. The van der Waals surface area contributed by atoms with Gasteiger partial charge in [-0.05, 0) is 13.0 Å². The van der Waals surface area contributed by atoms with Gasteiger partial charge >= 0.3 is 12.0 Å². The number of urea groups is 1. The predicted octanol–water partition coefficient (Wildman–Crippen LogP) is 1.58. The number of aryl methyl sites for hydroxylation is 1. The standard InChI is InChI=1S/C18H19N3O5/c1-11(22)13-9-14(21(3)10-13)17(24)26-15(12-7-5-4-6-8-12)16(23)20-18(25)19-2/h4-10,15H,1-3H3,(H2,19,20,23,25)/t15-/m1/s1. The first kappa shape index (κ1) is 18.9. The first-order valence-corrected chi connectivity index (χ1v) is 7.79. The Bertz CT molecular complexity index is 842. The number of aromatic nitrogens is 1. The molecule has 8 heteroatoms. The third-order valence-electron chi connectivity index (χ3n) is 3.65. The van der Waals surface area contributed by atoms with Gasteiger partial charge in [0.05, 0.1) is 0 Å². The minimum Gasteiger partial charge on any atom is -0.443 e. The normalized spacial score (nSPS) is 11.3. The molecular weight excluding hydrogens is 338 g/mol. The van der Waals surface area contributed by atoms with Crippen LogP contribution in [0.2, 0.25) is 0 Å². The molecule has 8 nitrogen and oxygen atoms in total. The van der Waals surface area contributed by atoms with E-state index in [-0.39, 0.29) is 11.5 Å². The van der Waals surface area contributed by atoms with Gasteiger partial charge in [-0.25, -0.2) is 9.59 Å². The summed E-state index contributed by atoms with van der Waals surface area (Å²) in [6.45, 7) is 1.38. The van der Waals surface area contributed by atoms with E-state index in [2.05, 4.69) is 10.6 Å². The van der Waals surface area contributed by atoms with Crippen molar-refractivity contribution >= 4 is 23.7 Å². The molecule has 0 spiro atoms. The number of rotatable bonds is 5. The molecule has 1 atom stereocenters. The number of carbonyl (C=O) groups excluding carboxylic acids is 4. The van der Waals surface area contributed by atoms with Gasteiger partial charge in [0.1, 0.15) is 5.69 Å². The predicted molar refractivity (Wildman–Crippen MR) is 92.6 cm³/mol. The molecule has 1 aromatic carbocycles. The van der Waals surface area contributed by atoms with Crippen LogP contribution < -0.4 is 10.6 Å². The van der Waals surface area contributed by atoms with Gasteiger partial charge in [-0.1, -0.05) is 30.3 Å². The van der Waals surface area contributed by atoms with Gasteiger partial charge in [0.2, 0.25) is 6.10 Å². The van der Waals surface area contributed by atoms with E-state index in [4.69, 9.17) is 4.74 Å². The monoisotopic (exact) mass is 357 g/mol. The number of benzene rings is 1. The molecule has 0 aliphatic carbocycles. The molecule has 2 rings (SSSR count). The fraction of sp³-hybridized carbons (Fsp3) is 0.222. The van der Waals surface area contributed by atoms with Crippen LogP contribution in [0, 0.1) is 0 Å². The number of imide groups is 1. The maximum atomic E-state index is 12.5. The average molecular weight is 357 g/mol. The van der Waals surface area contributed by atoms with Crippen LogP contribution in [0.5, 0.6) is 0 Å². The molecule has 3 amide bonds. The van der Waals surface area contributed by atoms with Crippen LogP contribution in [-0.2, 0) is 16.6 Å². The number of ketones is 1. The Balaban J connectivity index is 2.29. The highest BCUT2D eigenvalue weighted by atomic mass is 16.5. The van der Waals surface area contributed by atoms with Crippen LogP contribution in [0.4, 0.5) is 4.79 Å². The molecule has 0 fully saturated rings. The van der Waals surface area contributed by atoms with Crippen molar-refractivity contribution in [1.82, 2.24) is 15.2 Å². The Kier molecular flexibility index (Phi) is 5.90. The second-order valence-electron chi connectivity index (χ2n) is 5.55. The van der Waals surface area contributed by atoms with E-state index in [0.29, 0.717) is 11.1 Å². The van der Waals surface area contributed by atoms with Gasteiger partial charge in [0, 0.05) is 31.4 Å². The quantitative estimate of drug-likeness (QED) is 0.624. The lowest BCUT2D eigenvalue weighted by Gasteiger charge is -2.17. The van der Waals surface area contributed by atoms with Crippen LogP contribution >= 0.6 is 0 Å². The number of Topliss-reactive ketones (excluding diaryl/α,β-unsaturated/α-hetero) is 1. The molecule has 0 saturated carbocycles. The van der Waals surface area contributed by atoms with E-state index in [9.17, 15) is 19.2 Å². The number of amides is 3. The maximum Gasteiger partial charge on any atom is 0.356 e. The molecule has 0 radical (unpaired) electrons. The van der Waals surface area contributed by atoms with Crippen molar-refractivity contribution < 1.29 is 23.9 Å². The highest BCUT2D eigenvalue weighted by Crippen LogP contribution is 2.20. The van der Waals surface area contributed by atoms with E-state index >= 15 is 0 Å². The van der Waals surface area contributed by atoms with Crippen LogP contribution in [0.25, 0.3) is 0 Å². The van der Waals surface area contributed by atoms with Gasteiger partial charge in [-0.2, -0.15) is 0 Å². The number of esters is 1. The minimum absolute atomic E-state index is 0.115. The largest absolute Gasteiger partial charge is 0.443 e. The van der Waals surface area contributed by atoms with Gasteiger partial charge < -0.3 is 14.6 Å². The molecule has 0 bridgehead atoms. The van der Waals surface area contributed by atoms with Crippen molar-refractivity contribution in [3.63, 3.8) is 0 Å². The zero-order chi connectivity index (χ0) is 19.3. The summed E-state index contributed by atoms with van der Waals surface area (Å²) in [6, 6.07) is 8.99. The lowest BCUT2D eigenvalue weighted by molar-refractivity contribution is -0.129. The molecule has 2 N–H and O–H groups in total. The number of hydrogen-bond acceptors (Lipinski definition) is 5. The highest BCUT2D eigenvalue weighted by molar-refractivity contribution is 6.00.